The lowest BCUT2D eigenvalue weighted by Crippen LogP contribution is -2.42. The van der Waals surface area contributed by atoms with Crippen LogP contribution in [-0.2, 0) is 65.6 Å². The van der Waals surface area contributed by atoms with Crippen LogP contribution in [0.3, 0.4) is 0 Å². The first-order chi connectivity index (χ1) is 28.4. The van der Waals surface area contributed by atoms with Gasteiger partial charge in [-0.2, -0.15) is 38.2 Å². The first-order valence-electron chi connectivity index (χ1n) is 19.2. The molecule has 0 radical (unpaired) electrons. The fourth-order valence-electron chi connectivity index (χ4n) is 8.26. The maximum atomic E-state index is 13.6. The van der Waals surface area contributed by atoms with Crippen LogP contribution in [0.1, 0.15) is 71.4 Å². The molecule has 0 aromatic heterocycles. The quantitative estimate of drug-likeness (QED) is 0.0663. The normalized spacial score (nSPS) is 21.4. The Balaban J connectivity index is 1.67. The van der Waals surface area contributed by atoms with Crippen LogP contribution in [0.5, 0.6) is 0 Å². The molecule has 2 aromatic carbocycles. The highest BCUT2D eigenvalue weighted by molar-refractivity contribution is 7.86. The number of aliphatic carboxylic acids is 1. The van der Waals surface area contributed by atoms with Crippen LogP contribution in [0.2, 0.25) is 0 Å². The van der Waals surface area contributed by atoms with Gasteiger partial charge >= 0.3 is 11.9 Å². The molecule has 2 heterocycles. The van der Waals surface area contributed by atoms with Crippen LogP contribution >= 0.6 is 0 Å². The molecule has 0 fully saturated rings. The zero-order valence-corrected chi connectivity index (χ0v) is 37.7. The summed E-state index contributed by atoms with van der Waals surface area (Å²) in [7, 11) is -17.9. The number of carbonyl (C=O) groups is 2. The zero-order chi connectivity index (χ0) is 46.4. The first-order valence-corrected chi connectivity index (χ1v) is 25.3. The molecule has 62 heavy (non-hydrogen) atoms. The molecule has 1 aliphatic carbocycles. The standard InChI is InChI=1S/C40H48N2O16S4/c1-6-58-37(45)40(36(43)44)24-26(9-15-34-38(2,3)30-22-28(61(52,53)54)11-13-32(30)41(34)17-7-19-59(46,47)48)21-27(25-40)10-16-35-39(4,5)31-23-29(62(55,56)57)12-14-33(31)42(35)18-8-20-60(49,50)51/h9-16,21-23H,6-8,17-20,24-25H2,1-5H3,(H4-,43,44,46,47,48,49,50,51,52,53,54,55,56,57)/p+1. The third-order valence-electron chi connectivity index (χ3n) is 11.3. The van der Waals surface area contributed by atoms with Crippen LogP contribution in [-0.4, -0.2) is 110 Å². The summed E-state index contributed by atoms with van der Waals surface area (Å²) in [5, 5.41) is 10.7. The molecule has 338 valence electrons. The Bertz CT molecular complexity index is 2820. The van der Waals surface area contributed by atoms with Gasteiger partial charge in [-0.3, -0.25) is 27.8 Å². The average molecular weight is 942 g/mol. The van der Waals surface area contributed by atoms with Crippen molar-refractivity contribution in [2.45, 2.75) is 80.9 Å². The number of carboxylic acids is 1. The van der Waals surface area contributed by atoms with E-state index in [9.17, 15) is 66.6 Å². The Morgan fingerprint density at radius 3 is 1.92 bits per heavy atom. The molecule has 0 amide bonds. The Kier molecular flexibility index (Phi) is 13.5. The smallest absolute Gasteiger partial charge is 0.324 e. The second-order valence-electron chi connectivity index (χ2n) is 16.3. The molecule has 0 bridgehead atoms. The largest absolute Gasteiger partial charge is 0.480 e. The monoisotopic (exact) mass is 941 g/mol. The predicted octanol–water partition coefficient (Wildman–Crippen LogP) is 4.63. The van der Waals surface area contributed by atoms with Crippen LogP contribution in [0.25, 0.3) is 0 Å². The number of ether oxygens (including phenoxy) is 1. The third-order valence-corrected chi connectivity index (χ3v) is 14.6. The minimum Gasteiger partial charge on any atom is -0.480 e. The van der Waals surface area contributed by atoms with Crippen molar-refractivity contribution in [2.75, 3.05) is 36.1 Å². The van der Waals surface area contributed by atoms with Crippen molar-refractivity contribution in [1.29, 1.82) is 0 Å². The molecule has 1 unspecified atom stereocenters. The van der Waals surface area contributed by atoms with Crippen molar-refractivity contribution in [1.82, 2.24) is 0 Å². The van der Waals surface area contributed by atoms with Gasteiger partial charge in [0.2, 0.25) is 5.69 Å². The summed E-state index contributed by atoms with van der Waals surface area (Å²) >= 11 is 0. The summed E-state index contributed by atoms with van der Waals surface area (Å²) in [6.07, 6.45) is 7.31. The molecular weight excluding hydrogens is 893 g/mol. The number of anilines is 1. The highest BCUT2D eigenvalue weighted by atomic mass is 32.2. The van der Waals surface area contributed by atoms with E-state index >= 15 is 0 Å². The second-order valence-corrected chi connectivity index (χ2v) is 22.3. The van der Waals surface area contributed by atoms with Gasteiger partial charge in [0.05, 0.1) is 33.3 Å². The molecular formula is C40H49N2O16S4+. The van der Waals surface area contributed by atoms with Gasteiger partial charge in [0.25, 0.3) is 40.5 Å². The lowest BCUT2D eigenvalue weighted by Gasteiger charge is -2.32. The van der Waals surface area contributed by atoms with Crippen LogP contribution in [0.4, 0.5) is 11.4 Å². The fourth-order valence-corrected chi connectivity index (χ4v) is 10.3. The predicted molar refractivity (Wildman–Crippen MR) is 227 cm³/mol. The van der Waals surface area contributed by atoms with E-state index in [1.54, 1.807) is 67.6 Å². The van der Waals surface area contributed by atoms with E-state index in [2.05, 4.69) is 0 Å². The highest BCUT2D eigenvalue weighted by Gasteiger charge is 2.51. The summed E-state index contributed by atoms with van der Waals surface area (Å²) in [4.78, 5) is 27.7. The van der Waals surface area contributed by atoms with Gasteiger partial charge in [-0.05, 0) is 93.2 Å². The van der Waals surface area contributed by atoms with Crippen LogP contribution < -0.4 is 4.90 Å². The molecule has 0 spiro atoms. The van der Waals surface area contributed by atoms with Crippen molar-refractivity contribution in [3.05, 3.63) is 94.7 Å². The van der Waals surface area contributed by atoms with Gasteiger partial charge < -0.3 is 14.7 Å². The van der Waals surface area contributed by atoms with E-state index in [-0.39, 0.29) is 55.2 Å². The Hall–Kier alpha value is -4.55. The molecule has 5 rings (SSSR count). The molecule has 1 atom stereocenters. The number of benzene rings is 2. The SMILES string of the molecule is CCOC(=O)C1(C(=O)O)CC(/C=C/C2=[N+](CCCS(=O)(=O)O)c3ccc(S(=O)(=O)O)cc3C2(C)C)=CC(=C/C=C2/N(CCCS(=O)(=O)O)c3ccc(S(=O)(=O)O)cc3C2(C)C)/C1. The van der Waals surface area contributed by atoms with Gasteiger partial charge in [0.15, 0.2) is 11.1 Å². The molecule has 2 aliphatic heterocycles. The molecule has 0 saturated heterocycles. The number of allylic oxidation sites excluding steroid dienone is 8. The summed E-state index contributed by atoms with van der Waals surface area (Å²) in [5.74, 6) is -3.65. The van der Waals surface area contributed by atoms with Crippen LogP contribution in [0, 0.1) is 5.41 Å². The van der Waals surface area contributed by atoms with Gasteiger partial charge in [-0.1, -0.05) is 32.1 Å². The fraction of sp³-hybridized carbons (Fsp3) is 0.425. The van der Waals surface area contributed by atoms with Crippen molar-refractivity contribution in [3.63, 3.8) is 0 Å². The number of carboxylic acid groups (broad SMARTS) is 1. The first kappa shape index (κ1) is 48.5. The average Bonchev–Trinajstić information content (AvgIpc) is 3.48. The van der Waals surface area contributed by atoms with E-state index in [1.165, 1.54) is 43.3 Å². The lowest BCUT2D eigenvalue weighted by atomic mass is 9.71. The number of hydrogen-bond donors (Lipinski definition) is 5. The van der Waals surface area contributed by atoms with E-state index in [4.69, 9.17) is 4.74 Å². The number of nitrogens with zero attached hydrogens (tertiary/aromatic N) is 2. The van der Waals surface area contributed by atoms with Gasteiger partial charge in [-0.25, -0.2) is 0 Å². The molecule has 18 nitrogen and oxygen atoms in total. The van der Waals surface area contributed by atoms with Gasteiger partial charge in [-0.15, -0.1) is 0 Å². The number of fused-ring (bicyclic) bond motifs is 2. The lowest BCUT2D eigenvalue weighted by molar-refractivity contribution is -0.437. The molecule has 2 aromatic rings. The Labute approximate surface area is 361 Å². The van der Waals surface area contributed by atoms with E-state index in [0.717, 1.165) is 0 Å². The number of rotatable bonds is 16. The van der Waals surface area contributed by atoms with Crippen molar-refractivity contribution in [3.8, 4) is 0 Å². The molecule has 5 N–H and O–H groups in total. The van der Waals surface area contributed by atoms with Gasteiger partial charge in [0.1, 0.15) is 6.54 Å². The molecule has 3 aliphatic rings. The highest BCUT2D eigenvalue weighted by Crippen LogP contribution is 2.49. The minimum absolute atomic E-state index is 0.0331. The number of carbonyl (C=O) groups excluding carboxylic acids is 1. The maximum absolute atomic E-state index is 13.6. The van der Waals surface area contributed by atoms with Gasteiger partial charge in [0, 0.05) is 47.5 Å². The molecule has 22 heteroatoms. The van der Waals surface area contributed by atoms with E-state index in [1.807, 2.05) is 0 Å². The zero-order valence-electron chi connectivity index (χ0n) is 34.5. The van der Waals surface area contributed by atoms with E-state index < -0.39 is 80.2 Å². The van der Waals surface area contributed by atoms with Crippen molar-refractivity contribution >= 4 is 69.5 Å². The second kappa shape index (κ2) is 17.2. The third kappa shape index (κ3) is 10.3. The summed E-state index contributed by atoms with van der Waals surface area (Å²) in [6.45, 7) is 8.51. The van der Waals surface area contributed by atoms with Crippen molar-refractivity contribution in [2.24, 2.45) is 5.41 Å². The van der Waals surface area contributed by atoms with Crippen LogP contribution in [0.15, 0.2) is 93.4 Å². The summed E-state index contributed by atoms with van der Waals surface area (Å²) < 4.78 is 140. The number of hydrogen-bond acceptors (Lipinski definition) is 12. The van der Waals surface area contributed by atoms with Crippen molar-refractivity contribution < 1.29 is 75.9 Å². The number of esters is 1. The topological polar surface area (TPSA) is 287 Å². The maximum Gasteiger partial charge on any atom is 0.324 e. The summed E-state index contributed by atoms with van der Waals surface area (Å²) in [6, 6.07) is 7.88. The Morgan fingerprint density at radius 1 is 0.774 bits per heavy atom. The Morgan fingerprint density at radius 2 is 1.35 bits per heavy atom. The van der Waals surface area contributed by atoms with E-state index in [0.29, 0.717) is 45.1 Å². The summed E-state index contributed by atoms with van der Waals surface area (Å²) in [5.41, 5.74) is -0.550. The molecule has 0 saturated carbocycles. The minimum atomic E-state index is -4.62.